The third-order valence-electron chi connectivity index (χ3n) is 5.14. The summed E-state index contributed by atoms with van der Waals surface area (Å²) in [6.07, 6.45) is 1.68. The second kappa shape index (κ2) is 11.9. The van der Waals surface area contributed by atoms with Crippen molar-refractivity contribution in [1.29, 1.82) is 0 Å². The molecule has 3 aromatic carbocycles. The number of nitrogens with one attached hydrogen (secondary N) is 1. The highest BCUT2D eigenvalue weighted by Gasteiger charge is 2.33. The number of ether oxygens (including phenoxy) is 2. The van der Waals surface area contributed by atoms with E-state index in [1.54, 1.807) is 42.5 Å². The zero-order chi connectivity index (χ0) is 27.4. The lowest BCUT2D eigenvalue weighted by Gasteiger charge is -2.15. The van der Waals surface area contributed by atoms with Crippen LogP contribution in [-0.2, 0) is 9.59 Å². The standard InChI is InChI=1S/C25H17BrClN3O6S2/c1-35-21-9-14(10-22-24(32)29(25(37)38-22)16-6-7-18(26)19(27)12-16)5-8-20(21)36-13-23(31)28-15-3-2-4-17(11-15)30(33)34/h2-12H,13H2,1H3,(H,28,31)/b22-10-. The maximum atomic E-state index is 13.1. The number of hydrogen-bond acceptors (Lipinski definition) is 8. The number of thioether (sulfide) groups is 1. The Balaban J connectivity index is 1.45. The molecule has 38 heavy (non-hydrogen) atoms. The Morgan fingerprint density at radius 3 is 2.71 bits per heavy atom. The molecule has 4 rings (SSSR count). The van der Waals surface area contributed by atoms with Crippen molar-refractivity contribution < 1.29 is 24.0 Å². The first-order valence-corrected chi connectivity index (χ1v) is 13.1. The lowest BCUT2D eigenvalue weighted by molar-refractivity contribution is -0.384. The topological polar surface area (TPSA) is 111 Å². The number of carbonyl (C=O) groups excluding carboxylic acids is 2. The van der Waals surface area contributed by atoms with Crippen LogP contribution in [0, 0.1) is 10.1 Å². The van der Waals surface area contributed by atoms with E-state index < -0.39 is 10.8 Å². The van der Waals surface area contributed by atoms with Gasteiger partial charge in [0, 0.05) is 22.3 Å². The van der Waals surface area contributed by atoms with E-state index in [4.69, 9.17) is 33.3 Å². The number of nitro benzene ring substituents is 1. The highest BCUT2D eigenvalue weighted by Crippen LogP contribution is 2.39. The van der Waals surface area contributed by atoms with Crippen LogP contribution in [0.3, 0.4) is 0 Å². The normalized spacial score (nSPS) is 14.1. The van der Waals surface area contributed by atoms with E-state index in [0.29, 0.717) is 41.5 Å². The van der Waals surface area contributed by atoms with Crippen LogP contribution < -0.4 is 19.7 Å². The lowest BCUT2D eigenvalue weighted by atomic mass is 10.2. The van der Waals surface area contributed by atoms with Crippen LogP contribution in [0.4, 0.5) is 17.1 Å². The first-order valence-electron chi connectivity index (χ1n) is 10.7. The average molecular weight is 635 g/mol. The fourth-order valence-electron chi connectivity index (χ4n) is 3.40. The molecule has 13 heteroatoms. The molecule has 1 fully saturated rings. The minimum Gasteiger partial charge on any atom is -0.493 e. The number of hydrogen-bond donors (Lipinski definition) is 1. The van der Waals surface area contributed by atoms with Crippen LogP contribution in [0.15, 0.2) is 70.0 Å². The van der Waals surface area contributed by atoms with E-state index in [-0.39, 0.29) is 23.9 Å². The number of halogens is 2. The third-order valence-corrected chi connectivity index (χ3v) is 7.67. The Kier molecular flexibility index (Phi) is 8.67. The molecule has 0 radical (unpaired) electrons. The van der Waals surface area contributed by atoms with Crippen LogP contribution >= 0.6 is 51.5 Å². The van der Waals surface area contributed by atoms with Crippen LogP contribution in [0.5, 0.6) is 11.5 Å². The average Bonchev–Trinajstić information content (AvgIpc) is 3.17. The lowest BCUT2D eigenvalue weighted by Crippen LogP contribution is -2.27. The number of benzene rings is 3. The SMILES string of the molecule is COc1cc(/C=C2\SC(=S)N(c3ccc(Br)c(Cl)c3)C2=O)ccc1OCC(=O)Nc1cccc([N+](=O)[O-])c1. The number of carbonyl (C=O) groups is 2. The predicted molar refractivity (Wildman–Crippen MR) is 155 cm³/mol. The molecule has 1 aliphatic heterocycles. The van der Waals surface area contributed by atoms with Gasteiger partial charge in [-0.2, -0.15) is 0 Å². The van der Waals surface area contributed by atoms with Gasteiger partial charge in [0.15, 0.2) is 22.4 Å². The number of amides is 2. The minimum atomic E-state index is -0.549. The maximum absolute atomic E-state index is 13.1. The van der Waals surface area contributed by atoms with Gasteiger partial charge in [0.05, 0.1) is 27.6 Å². The molecule has 0 atom stereocenters. The van der Waals surface area contributed by atoms with E-state index in [0.717, 1.165) is 11.8 Å². The van der Waals surface area contributed by atoms with Crippen molar-refractivity contribution in [3.8, 4) is 11.5 Å². The molecule has 194 valence electrons. The number of methoxy groups -OCH3 is 1. The summed E-state index contributed by atoms with van der Waals surface area (Å²) in [6, 6.07) is 15.7. The summed E-state index contributed by atoms with van der Waals surface area (Å²) in [5, 5.41) is 13.9. The molecule has 0 aliphatic carbocycles. The number of anilines is 2. The van der Waals surface area contributed by atoms with Gasteiger partial charge in [-0.3, -0.25) is 24.6 Å². The Labute approximate surface area is 240 Å². The summed E-state index contributed by atoms with van der Waals surface area (Å²) in [6.45, 7) is -0.354. The highest BCUT2D eigenvalue weighted by molar-refractivity contribution is 9.10. The number of nitrogens with zero attached hydrogens (tertiary/aromatic N) is 2. The number of non-ortho nitro benzene ring substituents is 1. The molecule has 0 spiro atoms. The fraction of sp³-hybridized carbons (Fsp3) is 0.0800. The second-order valence-electron chi connectivity index (χ2n) is 7.67. The van der Waals surface area contributed by atoms with E-state index in [1.807, 2.05) is 0 Å². The van der Waals surface area contributed by atoms with Gasteiger partial charge in [0.25, 0.3) is 17.5 Å². The zero-order valence-corrected chi connectivity index (χ0v) is 23.4. The first kappa shape index (κ1) is 27.6. The van der Waals surface area contributed by atoms with Crippen molar-refractivity contribution in [2.24, 2.45) is 0 Å². The van der Waals surface area contributed by atoms with E-state index in [2.05, 4.69) is 21.2 Å². The molecule has 2 amide bonds. The first-order chi connectivity index (χ1) is 18.2. The monoisotopic (exact) mass is 633 g/mol. The summed E-state index contributed by atoms with van der Waals surface area (Å²) in [4.78, 5) is 37.6. The van der Waals surface area contributed by atoms with Crippen LogP contribution in [0.25, 0.3) is 6.08 Å². The molecular formula is C25H17BrClN3O6S2. The van der Waals surface area contributed by atoms with Gasteiger partial charge in [0.2, 0.25) is 0 Å². The smallest absolute Gasteiger partial charge is 0.271 e. The Morgan fingerprint density at radius 1 is 1.21 bits per heavy atom. The Bertz CT molecular complexity index is 1500. The number of thiocarbonyl (C=S) groups is 1. The summed E-state index contributed by atoms with van der Waals surface area (Å²) >= 11 is 16.1. The highest BCUT2D eigenvalue weighted by atomic mass is 79.9. The minimum absolute atomic E-state index is 0.140. The number of nitro groups is 1. The fourth-order valence-corrected chi connectivity index (χ4v) is 5.12. The van der Waals surface area contributed by atoms with Crippen molar-refractivity contribution in [1.82, 2.24) is 0 Å². The maximum Gasteiger partial charge on any atom is 0.271 e. The molecule has 1 N–H and O–H groups in total. The van der Waals surface area contributed by atoms with Gasteiger partial charge in [0.1, 0.15) is 0 Å². The summed E-state index contributed by atoms with van der Waals surface area (Å²) < 4.78 is 12.1. The molecular weight excluding hydrogens is 618 g/mol. The van der Waals surface area contributed by atoms with Gasteiger partial charge in [-0.25, -0.2) is 0 Å². The Morgan fingerprint density at radius 2 is 2.00 bits per heavy atom. The van der Waals surface area contributed by atoms with E-state index in [9.17, 15) is 19.7 Å². The molecule has 3 aromatic rings. The number of rotatable bonds is 8. The van der Waals surface area contributed by atoms with Crippen molar-refractivity contribution in [2.45, 2.75) is 0 Å². The quantitative estimate of drug-likeness (QED) is 0.130. The molecule has 0 unspecified atom stereocenters. The van der Waals surface area contributed by atoms with E-state index in [1.165, 1.54) is 36.3 Å². The zero-order valence-electron chi connectivity index (χ0n) is 19.5. The molecule has 9 nitrogen and oxygen atoms in total. The van der Waals surface area contributed by atoms with E-state index >= 15 is 0 Å². The second-order valence-corrected chi connectivity index (χ2v) is 10.6. The van der Waals surface area contributed by atoms with Crippen LogP contribution in [0.1, 0.15) is 5.56 Å². The van der Waals surface area contributed by atoms with Gasteiger partial charge < -0.3 is 14.8 Å². The largest absolute Gasteiger partial charge is 0.493 e. The summed E-state index contributed by atoms with van der Waals surface area (Å²) in [5.41, 5.74) is 1.36. The van der Waals surface area contributed by atoms with Crippen molar-refractivity contribution >= 4 is 90.8 Å². The van der Waals surface area contributed by atoms with Gasteiger partial charge >= 0.3 is 0 Å². The van der Waals surface area contributed by atoms with Crippen LogP contribution in [0.2, 0.25) is 5.02 Å². The van der Waals surface area contributed by atoms with Crippen LogP contribution in [-0.4, -0.2) is 34.8 Å². The molecule has 0 bridgehead atoms. The Hall–Kier alpha value is -3.45. The molecule has 0 aromatic heterocycles. The molecule has 1 heterocycles. The van der Waals surface area contributed by atoms with Gasteiger partial charge in [-0.15, -0.1) is 0 Å². The summed E-state index contributed by atoms with van der Waals surface area (Å²) in [7, 11) is 1.45. The molecule has 0 saturated carbocycles. The third kappa shape index (κ3) is 6.33. The predicted octanol–water partition coefficient (Wildman–Crippen LogP) is 6.44. The van der Waals surface area contributed by atoms with Crippen molar-refractivity contribution in [2.75, 3.05) is 23.9 Å². The summed E-state index contributed by atoms with van der Waals surface area (Å²) in [5.74, 6) is -0.142. The van der Waals surface area contributed by atoms with Crippen molar-refractivity contribution in [3.63, 3.8) is 0 Å². The molecule has 1 saturated heterocycles. The van der Waals surface area contributed by atoms with Crippen molar-refractivity contribution in [3.05, 3.63) is 90.7 Å². The molecule has 1 aliphatic rings. The van der Waals surface area contributed by atoms with Gasteiger partial charge in [-0.1, -0.05) is 47.7 Å². The van der Waals surface area contributed by atoms with Gasteiger partial charge in [-0.05, 0) is 64.0 Å².